The average Bonchev–Trinajstić information content (AvgIpc) is 2.27. The van der Waals surface area contributed by atoms with E-state index < -0.39 is 24.6 Å². The van der Waals surface area contributed by atoms with Crippen molar-refractivity contribution in [3.8, 4) is 0 Å². The van der Waals surface area contributed by atoms with Gasteiger partial charge in [-0.3, -0.25) is 9.36 Å². The van der Waals surface area contributed by atoms with Crippen LogP contribution in [0.4, 0.5) is 0 Å². The molecule has 6 nitrogen and oxygen atoms in total. The highest BCUT2D eigenvalue weighted by Gasteiger charge is 2.30. The Labute approximate surface area is 95.3 Å². The zero-order valence-electron chi connectivity index (χ0n) is 8.48. The minimum Gasteiger partial charge on any atom is -0.457 e. The zero-order valence-corrected chi connectivity index (χ0v) is 9.37. The van der Waals surface area contributed by atoms with Crippen LogP contribution in [-0.4, -0.2) is 14.9 Å². The molecule has 2 rings (SSSR count). The third-order valence-corrected chi connectivity index (χ3v) is 3.12. The van der Waals surface area contributed by atoms with E-state index in [4.69, 9.17) is 14.2 Å². The van der Waals surface area contributed by atoms with Gasteiger partial charge in [-0.25, -0.2) is 0 Å². The highest BCUT2D eigenvalue weighted by atomic mass is 31.2. The van der Waals surface area contributed by atoms with Gasteiger partial charge in [-0.2, -0.15) is 0 Å². The van der Waals surface area contributed by atoms with Gasteiger partial charge in [0.1, 0.15) is 11.3 Å². The third-order valence-electron chi connectivity index (χ3n) is 2.23. The molecule has 3 N–H and O–H groups in total. The smallest absolute Gasteiger partial charge is 0.361 e. The normalized spacial score (nSPS) is 13.8. The molecule has 17 heavy (non-hydrogen) atoms. The van der Waals surface area contributed by atoms with Crippen LogP contribution in [0.1, 0.15) is 11.6 Å². The first-order chi connectivity index (χ1) is 7.89. The van der Waals surface area contributed by atoms with E-state index in [1.807, 2.05) is 0 Å². The molecule has 0 radical (unpaired) electrons. The Balaban J connectivity index is 2.66. The van der Waals surface area contributed by atoms with Crippen LogP contribution in [0.2, 0.25) is 0 Å². The van der Waals surface area contributed by atoms with Gasteiger partial charge in [0.05, 0.1) is 5.39 Å². The Morgan fingerprint density at radius 2 is 1.88 bits per heavy atom. The molecule has 0 amide bonds. The molecule has 90 valence electrons. The molecule has 7 heteroatoms. The summed E-state index contributed by atoms with van der Waals surface area (Å²) in [7, 11) is -4.75. The van der Waals surface area contributed by atoms with Crippen LogP contribution in [0.5, 0.6) is 0 Å². The number of benzene rings is 1. The van der Waals surface area contributed by atoms with Gasteiger partial charge >= 0.3 is 7.60 Å². The molecule has 1 atom stereocenters. The van der Waals surface area contributed by atoms with Crippen molar-refractivity contribution in [3.05, 3.63) is 46.3 Å². The SMILES string of the molecule is O=c1cc(C(O)P(=O)(O)O)oc2ccccc12. The van der Waals surface area contributed by atoms with Crippen molar-refractivity contribution in [2.24, 2.45) is 0 Å². The van der Waals surface area contributed by atoms with Gasteiger partial charge in [-0.15, -0.1) is 0 Å². The maximum atomic E-state index is 11.6. The Kier molecular flexibility index (Phi) is 2.89. The standard InChI is InChI=1S/C10H9O6P/c11-7-5-9(10(12)17(13,14)15)16-8-4-2-1-3-6(7)8/h1-5,10,12H,(H2,13,14,15). The molecule has 1 aromatic heterocycles. The van der Waals surface area contributed by atoms with Gasteiger partial charge in [0.25, 0.3) is 0 Å². The minimum atomic E-state index is -4.75. The third kappa shape index (κ3) is 2.30. The summed E-state index contributed by atoms with van der Waals surface area (Å²) in [5, 5.41) is 9.63. The summed E-state index contributed by atoms with van der Waals surface area (Å²) in [6.07, 6.45) is 0. The van der Waals surface area contributed by atoms with E-state index in [9.17, 15) is 14.5 Å². The van der Waals surface area contributed by atoms with E-state index in [0.29, 0.717) is 0 Å². The largest absolute Gasteiger partial charge is 0.457 e. The Bertz CT molecular complexity index is 655. The van der Waals surface area contributed by atoms with Gasteiger partial charge in [0.15, 0.2) is 5.43 Å². The summed E-state index contributed by atoms with van der Waals surface area (Å²) < 4.78 is 16.0. The van der Waals surface area contributed by atoms with Gasteiger partial charge in [0.2, 0.25) is 5.85 Å². The van der Waals surface area contributed by atoms with Gasteiger partial charge in [-0.05, 0) is 12.1 Å². The number of aliphatic hydroxyl groups excluding tert-OH is 1. The maximum Gasteiger partial charge on any atom is 0.361 e. The predicted molar refractivity (Wildman–Crippen MR) is 59.5 cm³/mol. The van der Waals surface area contributed by atoms with Gasteiger partial charge in [0, 0.05) is 6.07 Å². The van der Waals surface area contributed by atoms with Crippen LogP contribution in [0.25, 0.3) is 11.0 Å². The molecule has 2 aromatic rings. The lowest BCUT2D eigenvalue weighted by Crippen LogP contribution is -2.06. The Hall–Kier alpha value is -1.46. The number of aliphatic hydroxyl groups is 1. The number of hydrogen-bond donors (Lipinski definition) is 3. The lowest BCUT2D eigenvalue weighted by Gasteiger charge is -2.11. The topological polar surface area (TPSA) is 108 Å². The van der Waals surface area contributed by atoms with Crippen molar-refractivity contribution in [2.75, 3.05) is 0 Å². The summed E-state index contributed by atoms with van der Waals surface area (Å²) >= 11 is 0. The van der Waals surface area contributed by atoms with E-state index >= 15 is 0 Å². The molecule has 0 bridgehead atoms. The first-order valence-corrected chi connectivity index (χ1v) is 6.34. The number of para-hydroxylation sites is 1. The quantitative estimate of drug-likeness (QED) is 0.690. The van der Waals surface area contributed by atoms with Crippen molar-refractivity contribution < 1.29 is 23.9 Å². The number of hydrogen-bond acceptors (Lipinski definition) is 4. The van der Waals surface area contributed by atoms with Crippen molar-refractivity contribution in [1.29, 1.82) is 0 Å². The Morgan fingerprint density at radius 3 is 2.53 bits per heavy atom. The summed E-state index contributed by atoms with van der Waals surface area (Å²) in [6, 6.07) is 7.13. The number of fused-ring (bicyclic) bond motifs is 1. The lowest BCUT2D eigenvalue weighted by molar-refractivity contribution is 0.182. The number of rotatable bonds is 2. The summed E-state index contributed by atoms with van der Waals surface area (Å²) in [5.41, 5.74) is -0.295. The summed E-state index contributed by atoms with van der Waals surface area (Å²) in [5.74, 6) is -2.57. The van der Waals surface area contributed by atoms with E-state index in [1.54, 1.807) is 12.1 Å². The fraction of sp³-hybridized carbons (Fsp3) is 0.100. The van der Waals surface area contributed by atoms with Crippen molar-refractivity contribution in [3.63, 3.8) is 0 Å². The van der Waals surface area contributed by atoms with E-state index in [2.05, 4.69) is 0 Å². The second-order valence-corrected chi connectivity index (χ2v) is 5.14. The van der Waals surface area contributed by atoms with Crippen molar-refractivity contribution in [2.45, 2.75) is 5.85 Å². The molecule has 0 saturated carbocycles. The highest BCUT2D eigenvalue weighted by Crippen LogP contribution is 2.49. The molecule has 0 aliphatic heterocycles. The summed E-state index contributed by atoms with van der Waals surface area (Å²) in [6.45, 7) is 0. The molecule has 0 saturated heterocycles. The zero-order chi connectivity index (χ0) is 12.6. The molecule has 0 spiro atoms. The van der Waals surface area contributed by atoms with Crippen LogP contribution >= 0.6 is 7.60 Å². The molecular formula is C10H9O6P. The monoisotopic (exact) mass is 256 g/mol. The lowest BCUT2D eigenvalue weighted by atomic mass is 10.2. The summed E-state index contributed by atoms with van der Waals surface area (Å²) in [4.78, 5) is 29.2. The Morgan fingerprint density at radius 1 is 1.24 bits per heavy atom. The van der Waals surface area contributed by atoms with Crippen LogP contribution in [0.3, 0.4) is 0 Å². The molecule has 1 unspecified atom stereocenters. The molecular weight excluding hydrogens is 247 g/mol. The molecule has 1 heterocycles. The molecule has 0 fully saturated rings. The highest BCUT2D eigenvalue weighted by molar-refractivity contribution is 7.51. The molecule has 0 aliphatic carbocycles. The second-order valence-electron chi connectivity index (χ2n) is 3.47. The van der Waals surface area contributed by atoms with Gasteiger partial charge < -0.3 is 19.3 Å². The fourth-order valence-electron chi connectivity index (χ4n) is 1.42. The van der Waals surface area contributed by atoms with Crippen LogP contribution in [0.15, 0.2) is 39.5 Å². The maximum absolute atomic E-state index is 11.6. The second kappa shape index (κ2) is 4.09. The van der Waals surface area contributed by atoms with Crippen LogP contribution < -0.4 is 5.43 Å². The first kappa shape index (κ1) is 12.0. The van der Waals surface area contributed by atoms with E-state index in [1.165, 1.54) is 12.1 Å². The van der Waals surface area contributed by atoms with Crippen LogP contribution in [-0.2, 0) is 4.57 Å². The molecule has 0 aliphatic rings. The van der Waals surface area contributed by atoms with Crippen molar-refractivity contribution >= 4 is 18.6 Å². The fourth-order valence-corrected chi connectivity index (χ4v) is 1.87. The molecule has 1 aromatic carbocycles. The minimum absolute atomic E-state index is 0.169. The van der Waals surface area contributed by atoms with Crippen molar-refractivity contribution in [1.82, 2.24) is 0 Å². The van der Waals surface area contributed by atoms with E-state index in [0.717, 1.165) is 6.07 Å². The first-order valence-electron chi connectivity index (χ1n) is 4.65. The van der Waals surface area contributed by atoms with Gasteiger partial charge in [-0.1, -0.05) is 12.1 Å². The van der Waals surface area contributed by atoms with E-state index in [-0.39, 0.29) is 11.0 Å². The van der Waals surface area contributed by atoms with Crippen LogP contribution in [0, 0.1) is 0 Å². The average molecular weight is 256 g/mol. The predicted octanol–water partition coefficient (Wildman–Crippen LogP) is 0.962.